The quantitative estimate of drug-likeness (QED) is 0.313. The zero-order valence-corrected chi connectivity index (χ0v) is 18.2. The Morgan fingerprint density at radius 3 is 2.65 bits per heavy atom. The lowest BCUT2D eigenvalue weighted by molar-refractivity contribution is -0.118. The number of fused-ring (bicyclic) bond motifs is 1. The lowest BCUT2D eigenvalue weighted by Crippen LogP contribution is -2.28. The second-order valence-corrected chi connectivity index (χ2v) is 7.63. The smallest absolute Gasteiger partial charge is 0.324 e. The molecule has 0 bridgehead atoms. The molecule has 2 aromatic carbocycles. The summed E-state index contributed by atoms with van der Waals surface area (Å²) < 4.78 is 5.03. The van der Waals surface area contributed by atoms with Gasteiger partial charge in [0.05, 0.1) is 19.2 Å². The van der Waals surface area contributed by atoms with Crippen molar-refractivity contribution in [2.45, 2.75) is 6.54 Å². The van der Waals surface area contributed by atoms with Crippen molar-refractivity contribution in [2.24, 2.45) is 4.99 Å². The van der Waals surface area contributed by atoms with Gasteiger partial charge in [0.2, 0.25) is 11.8 Å². The topological polar surface area (TPSA) is 144 Å². The van der Waals surface area contributed by atoms with Gasteiger partial charge >= 0.3 is 6.03 Å². The predicted octanol–water partition coefficient (Wildman–Crippen LogP) is 2.13. The van der Waals surface area contributed by atoms with Crippen LogP contribution in [0.4, 0.5) is 4.79 Å². The fraction of sp³-hybridized carbons (Fsp3) is 0.167. The van der Waals surface area contributed by atoms with Crippen LogP contribution in [0.5, 0.6) is 17.4 Å². The number of methoxy groups -OCH3 is 1. The molecule has 0 atom stereocenters. The SMILES string of the molecule is COc1ccc(CN=Cc2c(O)[nH]c(=O)c3ccc(/C=C/CN4CC(=O)NC4=O)cc23)cc1O. The summed E-state index contributed by atoms with van der Waals surface area (Å²) in [6.45, 7) is 0.490. The van der Waals surface area contributed by atoms with Gasteiger partial charge in [-0.05, 0) is 35.4 Å². The van der Waals surface area contributed by atoms with Gasteiger partial charge in [-0.3, -0.25) is 24.9 Å². The highest BCUT2D eigenvalue weighted by Crippen LogP contribution is 2.27. The van der Waals surface area contributed by atoms with Crippen LogP contribution in [-0.4, -0.2) is 58.4 Å². The number of benzene rings is 2. The molecule has 0 saturated carbocycles. The number of nitrogens with zero attached hydrogens (tertiary/aromatic N) is 2. The van der Waals surface area contributed by atoms with Crippen LogP contribution in [0.15, 0.2) is 52.3 Å². The predicted molar refractivity (Wildman–Crippen MR) is 126 cm³/mol. The van der Waals surface area contributed by atoms with Gasteiger partial charge in [-0.25, -0.2) is 4.79 Å². The van der Waals surface area contributed by atoms with Crippen molar-refractivity contribution in [3.05, 3.63) is 69.5 Å². The van der Waals surface area contributed by atoms with Gasteiger partial charge < -0.3 is 19.8 Å². The van der Waals surface area contributed by atoms with Crippen LogP contribution in [0.1, 0.15) is 16.7 Å². The van der Waals surface area contributed by atoms with Crippen LogP contribution in [0.3, 0.4) is 0 Å². The van der Waals surface area contributed by atoms with Crippen molar-refractivity contribution in [3.8, 4) is 17.4 Å². The van der Waals surface area contributed by atoms with Gasteiger partial charge in [-0.2, -0.15) is 0 Å². The number of amides is 3. The molecule has 0 radical (unpaired) electrons. The molecule has 4 N–H and O–H groups in total. The Hall–Kier alpha value is -4.60. The molecule has 2 heterocycles. The first kappa shape index (κ1) is 22.6. The number of hydrogen-bond acceptors (Lipinski definition) is 7. The first-order chi connectivity index (χ1) is 16.4. The number of phenolic OH excluding ortho intramolecular Hbond substituents is 1. The Labute approximate surface area is 193 Å². The van der Waals surface area contributed by atoms with Gasteiger partial charge in [0.15, 0.2) is 11.5 Å². The maximum atomic E-state index is 12.3. The number of H-pyrrole nitrogens is 1. The van der Waals surface area contributed by atoms with Gasteiger partial charge in [-0.1, -0.05) is 24.3 Å². The van der Waals surface area contributed by atoms with Crippen molar-refractivity contribution in [1.29, 1.82) is 0 Å². The van der Waals surface area contributed by atoms with Gasteiger partial charge in [0.25, 0.3) is 5.56 Å². The number of aromatic nitrogens is 1. The lowest BCUT2D eigenvalue weighted by Gasteiger charge is -2.09. The van der Waals surface area contributed by atoms with E-state index < -0.39 is 11.6 Å². The number of aromatic hydroxyl groups is 2. The van der Waals surface area contributed by atoms with E-state index in [1.807, 2.05) is 0 Å². The zero-order chi connectivity index (χ0) is 24.2. The number of hydrogen-bond donors (Lipinski definition) is 4. The molecule has 1 aliphatic rings. The molecule has 0 spiro atoms. The number of nitrogens with one attached hydrogen (secondary N) is 2. The first-order valence-electron chi connectivity index (χ1n) is 10.4. The highest BCUT2D eigenvalue weighted by atomic mass is 16.5. The Morgan fingerprint density at radius 2 is 1.94 bits per heavy atom. The van der Waals surface area contributed by atoms with Crippen molar-refractivity contribution < 1.29 is 24.5 Å². The number of urea groups is 1. The Morgan fingerprint density at radius 1 is 1.12 bits per heavy atom. The summed E-state index contributed by atoms with van der Waals surface area (Å²) in [5.74, 6) is -0.297. The molecule has 1 aromatic heterocycles. The maximum Gasteiger partial charge on any atom is 0.324 e. The number of aliphatic imine (C=N–C) groups is 1. The van der Waals surface area contributed by atoms with E-state index in [0.717, 1.165) is 11.1 Å². The highest BCUT2D eigenvalue weighted by molar-refractivity contribution is 6.02. The third-order valence-electron chi connectivity index (χ3n) is 5.31. The van der Waals surface area contributed by atoms with Gasteiger partial charge in [0.1, 0.15) is 6.54 Å². The summed E-state index contributed by atoms with van der Waals surface area (Å²) in [4.78, 5) is 43.4. The normalized spacial score (nSPS) is 14.0. The van der Waals surface area contributed by atoms with Crippen LogP contribution in [0, 0.1) is 0 Å². The Balaban J connectivity index is 1.58. The van der Waals surface area contributed by atoms with E-state index in [9.17, 15) is 24.6 Å². The zero-order valence-electron chi connectivity index (χ0n) is 18.2. The van der Waals surface area contributed by atoms with Crippen LogP contribution in [0.25, 0.3) is 16.8 Å². The van der Waals surface area contributed by atoms with E-state index in [2.05, 4.69) is 15.3 Å². The van der Waals surface area contributed by atoms with E-state index in [1.54, 1.807) is 42.5 Å². The van der Waals surface area contributed by atoms with Crippen molar-refractivity contribution in [1.82, 2.24) is 15.2 Å². The molecular weight excluding hydrogens is 440 g/mol. The number of carbonyl (C=O) groups is 2. The van der Waals surface area contributed by atoms with Crippen molar-refractivity contribution >= 4 is 35.0 Å². The largest absolute Gasteiger partial charge is 0.504 e. The van der Waals surface area contributed by atoms with Crippen molar-refractivity contribution in [3.63, 3.8) is 0 Å². The molecule has 10 heteroatoms. The minimum absolute atomic E-state index is 0.000236. The summed E-state index contributed by atoms with van der Waals surface area (Å²) in [5, 5.41) is 23.4. The minimum Gasteiger partial charge on any atom is -0.504 e. The average molecular weight is 462 g/mol. The van der Waals surface area contributed by atoms with Crippen LogP contribution in [0.2, 0.25) is 0 Å². The Bertz CT molecular complexity index is 1390. The highest BCUT2D eigenvalue weighted by Gasteiger charge is 2.25. The molecule has 3 amide bonds. The number of pyridine rings is 1. The van der Waals surface area contributed by atoms with E-state index in [4.69, 9.17) is 4.74 Å². The monoisotopic (exact) mass is 462 g/mol. The molecule has 3 aromatic rings. The number of ether oxygens (including phenoxy) is 1. The maximum absolute atomic E-state index is 12.3. The molecule has 4 rings (SSSR count). The van der Waals surface area contributed by atoms with E-state index in [1.165, 1.54) is 24.3 Å². The summed E-state index contributed by atoms with van der Waals surface area (Å²) >= 11 is 0. The Kier molecular flexibility index (Phi) is 6.30. The molecule has 1 saturated heterocycles. The number of rotatable bonds is 7. The second kappa shape index (κ2) is 9.49. The van der Waals surface area contributed by atoms with Crippen LogP contribution in [-0.2, 0) is 11.3 Å². The van der Waals surface area contributed by atoms with E-state index in [-0.39, 0.29) is 37.2 Å². The lowest BCUT2D eigenvalue weighted by atomic mass is 10.0. The second-order valence-electron chi connectivity index (χ2n) is 7.63. The fourth-order valence-electron chi connectivity index (χ4n) is 3.61. The number of carbonyl (C=O) groups excluding carboxylic acids is 2. The van der Waals surface area contributed by atoms with Crippen molar-refractivity contribution in [2.75, 3.05) is 20.2 Å². The first-order valence-corrected chi connectivity index (χ1v) is 10.4. The summed E-state index contributed by atoms with van der Waals surface area (Å²) in [6, 6.07) is 9.60. The summed E-state index contributed by atoms with van der Waals surface area (Å²) in [7, 11) is 1.46. The van der Waals surface area contributed by atoms with E-state index >= 15 is 0 Å². The standard InChI is InChI=1S/C24H22N4O6/c1-34-20-7-5-15(10-19(20)29)11-25-12-18-17-9-14(4-6-16(17)22(31)27-23(18)32)3-2-8-28-13-21(30)26-24(28)33/h2-7,9-10,12,29H,8,11,13H2,1H3,(H,26,30,33)(H2,27,31,32)/b3-2+,25-12?. The number of imide groups is 1. The molecular formula is C24H22N4O6. The van der Waals surface area contributed by atoms with E-state index in [0.29, 0.717) is 22.1 Å². The molecule has 0 aliphatic carbocycles. The molecule has 34 heavy (non-hydrogen) atoms. The fourth-order valence-corrected chi connectivity index (χ4v) is 3.61. The van der Waals surface area contributed by atoms with Gasteiger partial charge in [-0.15, -0.1) is 0 Å². The third-order valence-corrected chi connectivity index (χ3v) is 5.31. The summed E-state index contributed by atoms with van der Waals surface area (Å²) in [6.07, 6.45) is 4.95. The van der Waals surface area contributed by atoms with Crippen LogP contribution < -0.4 is 15.6 Å². The molecule has 174 valence electrons. The molecule has 1 fully saturated rings. The third kappa shape index (κ3) is 4.75. The molecule has 1 aliphatic heterocycles. The number of aromatic amines is 1. The van der Waals surface area contributed by atoms with Gasteiger partial charge in [0, 0.05) is 23.5 Å². The minimum atomic E-state index is -0.437. The number of phenols is 1. The summed E-state index contributed by atoms with van der Waals surface area (Å²) in [5.41, 5.74) is 1.37. The van der Waals surface area contributed by atoms with Crippen LogP contribution >= 0.6 is 0 Å². The molecule has 0 unspecified atom stereocenters. The average Bonchev–Trinajstić information content (AvgIpc) is 3.12. The molecule has 10 nitrogen and oxygen atoms in total.